The van der Waals surface area contributed by atoms with Crippen LogP contribution in [0.2, 0.25) is 0 Å². The lowest BCUT2D eigenvalue weighted by Crippen LogP contribution is -2.52. The van der Waals surface area contributed by atoms with Gasteiger partial charge in [0, 0.05) is 13.0 Å². The molecule has 10 heteroatoms. The number of rotatable bonds is 3. The van der Waals surface area contributed by atoms with Crippen molar-refractivity contribution in [2.75, 3.05) is 13.2 Å². The number of aromatic amines is 1. The minimum Gasteiger partial charge on any atom is -0.464 e. The molecule has 2 atom stereocenters. The molecule has 0 bridgehead atoms. The van der Waals surface area contributed by atoms with Gasteiger partial charge in [-0.15, -0.1) is 0 Å². The van der Waals surface area contributed by atoms with Crippen LogP contribution in [0.3, 0.4) is 0 Å². The van der Waals surface area contributed by atoms with Crippen LogP contribution in [0, 0.1) is 4.77 Å². The predicted octanol–water partition coefficient (Wildman–Crippen LogP) is 1.84. The molecule has 0 spiro atoms. The van der Waals surface area contributed by atoms with E-state index >= 15 is 0 Å². The van der Waals surface area contributed by atoms with Gasteiger partial charge in [-0.25, -0.2) is 9.59 Å². The zero-order chi connectivity index (χ0) is 17.9. The normalized spacial score (nSPS) is 21.4. The van der Waals surface area contributed by atoms with Crippen molar-refractivity contribution < 1.29 is 19.1 Å². The highest BCUT2D eigenvalue weighted by atomic mass is 32.1. The molecule has 1 aliphatic heterocycles. The van der Waals surface area contributed by atoms with Crippen molar-refractivity contribution >= 4 is 24.3 Å². The SMILES string of the molecule is CCOC(=O)[C@H]1C[C@H](n2nnc(=S)[nH]2)CCN1C(=O)OC(C)(C)C. The number of carbonyl (C=O) groups is 2. The molecule has 1 aromatic heterocycles. The minimum absolute atomic E-state index is 0.123. The molecule has 1 saturated heterocycles. The first-order valence-corrected chi connectivity index (χ1v) is 8.30. The summed E-state index contributed by atoms with van der Waals surface area (Å²) >= 11 is 4.92. The summed E-state index contributed by atoms with van der Waals surface area (Å²) in [6.45, 7) is 7.67. The molecular formula is C14H23N5O4S. The second kappa shape index (κ2) is 7.29. The molecule has 2 rings (SSSR count). The molecule has 0 saturated carbocycles. The molecule has 2 heterocycles. The lowest BCUT2D eigenvalue weighted by molar-refractivity contribution is -0.151. The number of likely N-dealkylation sites (tertiary alicyclic amines) is 1. The van der Waals surface area contributed by atoms with Crippen LogP contribution in [0.5, 0.6) is 0 Å². The maximum absolute atomic E-state index is 12.4. The summed E-state index contributed by atoms with van der Waals surface area (Å²) in [6.07, 6.45) is 0.432. The highest BCUT2D eigenvalue weighted by molar-refractivity contribution is 7.71. The molecule has 1 aliphatic rings. The topological polar surface area (TPSA) is 102 Å². The van der Waals surface area contributed by atoms with E-state index in [-0.39, 0.29) is 17.4 Å². The van der Waals surface area contributed by atoms with Crippen LogP contribution in [0.15, 0.2) is 0 Å². The van der Waals surface area contributed by atoms with Crippen LogP contribution in [0.25, 0.3) is 0 Å². The Labute approximate surface area is 145 Å². The van der Waals surface area contributed by atoms with E-state index in [0.29, 0.717) is 19.4 Å². The van der Waals surface area contributed by atoms with Crippen LogP contribution in [-0.2, 0) is 14.3 Å². The summed E-state index contributed by atoms with van der Waals surface area (Å²) in [5.74, 6) is -0.452. The van der Waals surface area contributed by atoms with E-state index in [2.05, 4.69) is 15.4 Å². The summed E-state index contributed by atoms with van der Waals surface area (Å²) in [5.41, 5.74) is -0.635. The van der Waals surface area contributed by atoms with Gasteiger partial charge in [-0.3, -0.25) is 10.00 Å². The first kappa shape index (κ1) is 18.4. The number of piperidine rings is 1. The Kier molecular flexibility index (Phi) is 5.58. The molecule has 9 nitrogen and oxygen atoms in total. The monoisotopic (exact) mass is 357 g/mol. The third kappa shape index (κ3) is 4.53. The number of H-pyrrole nitrogens is 1. The lowest BCUT2D eigenvalue weighted by Gasteiger charge is -2.38. The van der Waals surface area contributed by atoms with Gasteiger partial charge in [0.2, 0.25) is 4.77 Å². The van der Waals surface area contributed by atoms with Gasteiger partial charge in [0.1, 0.15) is 11.6 Å². The van der Waals surface area contributed by atoms with Gasteiger partial charge in [-0.05, 0) is 51.5 Å². The summed E-state index contributed by atoms with van der Waals surface area (Å²) in [4.78, 5) is 27.7. The molecule has 0 unspecified atom stereocenters. The fraction of sp³-hybridized carbons (Fsp3) is 0.786. The van der Waals surface area contributed by atoms with E-state index in [1.165, 1.54) is 9.70 Å². The highest BCUT2D eigenvalue weighted by Gasteiger charge is 2.40. The first-order valence-electron chi connectivity index (χ1n) is 7.89. The van der Waals surface area contributed by atoms with Crippen molar-refractivity contribution in [3.05, 3.63) is 4.77 Å². The van der Waals surface area contributed by atoms with Crippen molar-refractivity contribution in [1.82, 2.24) is 25.1 Å². The van der Waals surface area contributed by atoms with Gasteiger partial charge in [0.15, 0.2) is 0 Å². The molecule has 134 valence electrons. The van der Waals surface area contributed by atoms with Crippen molar-refractivity contribution in [1.29, 1.82) is 0 Å². The van der Waals surface area contributed by atoms with E-state index in [4.69, 9.17) is 21.7 Å². The van der Waals surface area contributed by atoms with Crippen molar-refractivity contribution in [2.45, 2.75) is 58.2 Å². The van der Waals surface area contributed by atoms with Crippen molar-refractivity contribution in [3.63, 3.8) is 0 Å². The molecule has 1 aromatic rings. The van der Waals surface area contributed by atoms with Gasteiger partial charge < -0.3 is 9.47 Å². The fourth-order valence-corrected chi connectivity index (χ4v) is 2.70. The summed E-state index contributed by atoms with van der Waals surface area (Å²) in [7, 11) is 0. The van der Waals surface area contributed by atoms with Crippen LogP contribution < -0.4 is 0 Å². The number of tetrazole rings is 1. The first-order chi connectivity index (χ1) is 11.2. The van der Waals surface area contributed by atoms with E-state index in [1.807, 2.05) is 0 Å². The number of esters is 1. The molecule has 1 N–H and O–H groups in total. The number of amides is 1. The standard InChI is InChI=1S/C14H23N5O4S/c1-5-22-11(20)10-8-9(19-16-12(24)15-17-19)6-7-18(10)13(21)23-14(2,3)4/h9-10H,5-8H2,1-4H3,(H,16,24)/t9-,10-/m1/s1. The van der Waals surface area contributed by atoms with Gasteiger partial charge in [-0.2, -0.15) is 4.80 Å². The van der Waals surface area contributed by atoms with E-state index in [9.17, 15) is 9.59 Å². The maximum Gasteiger partial charge on any atom is 0.411 e. The summed E-state index contributed by atoms with van der Waals surface area (Å²) < 4.78 is 10.8. The fourth-order valence-electron chi connectivity index (χ4n) is 2.57. The lowest BCUT2D eigenvalue weighted by atomic mass is 9.98. The number of nitrogens with zero attached hydrogens (tertiary/aromatic N) is 4. The highest BCUT2D eigenvalue weighted by Crippen LogP contribution is 2.28. The molecule has 1 amide bonds. The number of aromatic nitrogens is 4. The Morgan fingerprint density at radius 1 is 1.42 bits per heavy atom. The number of carbonyl (C=O) groups excluding carboxylic acids is 2. The van der Waals surface area contributed by atoms with Crippen LogP contribution in [0.1, 0.15) is 46.6 Å². The van der Waals surface area contributed by atoms with Crippen LogP contribution in [-0.4, -0.2) is 62.0 Å². The molecule has 0 aromatic carbocycles. The van der Waals surface area contributed by atoms with Gasteiger partial charge in [0.25, 0.3) is 0 Å². The molecule has 0 radical (unpaired) electrons. The Hall–Kier alpha value is -1.97. The summed E-state index contributed by atoms with van der Waals surface area (Å²) in [5, 5.41) is 10.5. The number of nitrogens with one attached hydrogen (secondary N) is 1. The number of ether oxygens (including phenoxy) is 2. The van der Waals surface area contributed by atoms with E-state index < -0.39 is 23.7 Å². The smallest absolute Gasteiger partial charge is 0.411 e. The Bertz CT molecular complexity index is 650. The summed E-state index contributed by atoms with van der Waals surface area (Å²) in [6, 6.07) is -0.855. The van der Waals surface area contributed by atoms with Gasteiger partial charge in [-0.1, -0.05) is 5.10 Å². The minimum atomic E-state index is -0.732. The molecular weight excluding hydrogens is 334 g/mol. The van der Waals surface area contributed by atoms with Crippen molar-refractivity contribution in [2.24, 2.45) is 0 Å². The average molecular weight is 357 g/mol. The van der Waals surface area contributed by atoms with Gasteiger partial charge in [0.05, 0.1) is 12.6 Å². The van der Waals surface area contributed by atoms with Gasteiger partial charge >= 0.3 is 12.1 Å². The largest absolute Gasteiger partial charge is 0.464 e. The molecule has 1 fully saturated rings. The predicted molar refractivity (Wildman–Crippen MR) is 86.8 cm³/mol. The van der Waals surface area contributed by atoms with E-state index in [0.717, 1.165) is 0 Å². The molecule has 24 heavy (non-hydrogen) atoms. The van der Waals surface area contributed by atoms with E-state index in [1.54, 1.807) is 27.7 Å². The zero-order valence-corrected chi connectivity index (χ0v) is 15.1. The number of hydrogen-bond acceptors (Lipinski definition) is 7. The Morgan fingerprint density at radius 3 is 2.67 bits per heavy atom. The van der Waals surface area contributed by atoms with Crippen LogP contribution >= 0.6 is 12.2 Å². The van der Waals surface area contributed by atoms with Crippen molar-refractivity contribution in [3.8, 4) is 0 Å². The average Bonchev–Trinajstić information content (AvgIpc) is 2.91. The zero-order valence-electron chi connectivity index (χ0n) is 14.3. The van der Waals surface area contributed by atoms with Crippen LogP contribution in [0.4, 0.5) is 4.79 Å². The maximum atomic E-state index is 12.4. The number of hydrogen-bond donors (Lipinski definition) is 1. The second-order valence-electron chi connectivity index (χ2n) is 6.57. The second-order valence-corrected chi connectivity index (χ2v) is 6.96. The molecule has 0 aliphatic carbocycles. The Balaban J connectivity index is 2.18. The quantitative estimate of drug-likeness (QED) is 0.650. The third-order valence-corrected chi connectivity index (χ3v) is 3.72. The Morgan fingerprint density at radius 2 is 2.12 bits per heavy atom. The third-order valence-electron chi connectivity index (χ3n) is 3.55.